The largest absolute Gasteiger partial charge is 0.131 e. The van der Waals surface area contributed by atoms with E-state index in [9.17, 15) is 0 Å². The van der Waals surface area contributed by atoms with Crippen molar-refractivity contribution in [3.05, 3.63) is 0 Å². The van der Waals surface area contributed by atoms with E-state index >= 15 is 0 Å². The average Bonchev–Trinajstić information content (AvgIpc) is 2.78. The lowest BCUT2D eigenvalue weighted by atomic mass is 9.67. The predicted octanol–water partition coefficient (Wildman–Crippen LogP) is 7.47. The SMILES string of the molecule is CC1CCCC(C(C)(C)CC(C)(P)C2CCCC(C)CC2)CC1. The molecule has 0 spiro atoms. The van der Waals surface area contributed by atoms with Gasteiger partial charge in [0.2, 0.25) is 0 Å². The van der Waals surface area contributed by atoms with Gasteiger partial charge in [0.1, 0.15) is 0 Å². The Morgan fingerprint density at radius 2 is 1.17 bits per heavy atom. The fraction of sp³-hybridized carbons (Fsp3) is 1.00. The van der Waals surface area contributed by atoms with Gasteiger partial charge in [-0.05, 0) is 66.3 Å². The third-order valence-corrected chi connectivity index (χ3v) is 8.06. The zero-order valence-electron chi connectivity index (χ0n) is 16.7. The third kappa shape index (κ3) is 5.73. The Balaban J connectivity index is 1.99. The highest BCUT2D eigenvalue weighted by atomic mass is 31.0. The van der Waals surface area contributed by atoms with Crippen molar-refractivity contribution in [3.8, 4) is 0 Å². The number of rotatable bonds is 4. The molecule has 0 N–H and O–H groups in total. The zero-order chi connectivity index (χ0) is 17.1. The van der Waals surface area contributed by atoms with Gasteiger partial charge < -0.3 is 0 Å². The van der Waals surface area contributed by atoms with Crippen molar-refractivity contribution in [2.75, 3.05) is 0 Å². The molecular weight excluding hydrogens is 295 g/mol. The Hall–Kier alpha value is 0.430. The molecule has 6 atom stereocenters. The van der Waals surface area contributed by atoms with Crippen molar-refractivity contribution in [2.45, 2.75) is 110 Å². The maximum Gasteiger partial charge on any atom is -0.0145 e. The molecule has 2 aliphatic rings. The summed E-state index contributed by atoms with van der Waals surface area (Å²) in [5.74, 6) is 3.78. The molecule has 0 amide bonds. The monoisotopic (exact) mass is 338 g/mol. The van der Waals surface area contributed by atoms with Gasteiger partial charge in [0.25, 0.3) is 0 Å². The Bertz CT molecular complexity index is 323. The fourth-order valence-corrected chi connectivity index (χ4v) is 6.54. The Kier molecular flexibility index (Phi) is 7.05. The van der Waals surface area contributed by atoms with Crippen LogP contribution in [-0.2, 0) is 0 Å². The van der Waals surface area contributed by atoms with Crippen molar-refractivity contribution in [1.29, 1.82) is 0 Å². The molecule has 2 fully saturated rings. The van der Waals surface area contributed by atoms with Crippen molar-refractivity contribution < 1.29 is 0 Å². The fourth-order valence-electron chi connectivity index (χ4n) is 5.69. The number of hydrogen-bond donors (Lipinski definition) is 0. The lowest BCUT2D eigenvalue weighted by molar-refractivity contribution is 0.135. The van der Waals surface area contributed by atoms with E-state index in [2.05, 4.69) is 43.9 Å². The third-order valence-electron chi connectivity index (χ3n) is 7.39. The molecule has 6 unspecified atom stereocenters. The van der Waals surface area contributed by atoms with Crippen LogP contribution in [0.3, 0.4) is 0 Å². The van der Waals surface area contributed by atoms with Crippen LogP contribution in [0.5, 0.6) is 0 Å². The van der Waals surface area contributed by atoms with E-state index in [1.807, 2.05) is 0 Å². The van der Waals surface area contributed by atoms with Gasteiger partial charge in [-0.15, -0.1) is 9.24 Å². The molecule has 136 valence electrons. The van der Waals surface area contributed by atoms with Crippen LogP contribution in [0.2, 0.25) is 0 Å². The summed E-state index contributed by atoms with van der Waals surface area (Å²) in [6.45, 7) is 12.6. The van der Waals surface area contributed by atoms with Crippen molar-refractivity contribution >= 4 is 9.24 Å². The van der Waals surface area contributed by atoms with Crippen LogP contribution in [-0.4, -0.2) is 5.16 Å². The van der Waals surface area contributed by atoms with Crippen molar-refractivity contribution in [3.63, 3.8) is 0 Å². The summed E-state index contributed by atoms with van der Waals surface area (Å²) in [5, 5.41) is 0.436. The van der Waals surface area contributed by atoms with Gasteiger partial charge in [0.05, 0.1) is 0 Å². The second-order valence-electron chi connectivity index (χ2n) is 10.3. The summed E-state index contributed by atoms with van der Waals surface area (Å²) in [6.07, 6.45) is 16.0. The molecule has 0 aromatic heterocycles. The van der Waals surface area contributed by atoms with Crippen molar-refractivity contribution in [1.82, 2.24) is 0 Å². The summed E-state index contributed by atoms with van der Waals surface area (Å²) >= 11 is 0. The van der Waals surface area contributed by atoms with E-state index in [0.717, 1.165) is 23.7 Å². The minimum absolute atomic E-state index is 0.436. The second kappa shape index (κ2) is 8.21. The Labute approximate surface area is 149 Å². The van der Waals surface area contributed by atoms with E-state index < -0.39 is 0 Å². The standard InChI is InChI=1S/C22H43P/c1-17-8-6-10-19(14-12-17)21(3,4)16-22(5,23)20-11-7-9-18(2)13-15-20/h17-20H,6-16,23H2,1-5H3. The highest BCUT2D eigenvalue weighted by molar-refractivity contribution is 7.18. The maximum absolute atomic E-state index is 3.32. The first-order chi connectivity index (χ1) is 10.7. The first-order valence-corrected chi connectivity index (χ1v) is 11.1. The first kappa shape index (κ1) is 19.8. The lowest BCUT2D eigenvalue weighted by Gasteiger charge is -2.44. The van der Waals surface area contributed by atoms with Crippen LogP contribution in [0.15, 0.2) is 0 Å². The first-order valence-electron chi connectivity index (χ1n) is 10.5. The predicted molar refractivity (Wildman–Crippen MR) is 108 cm³/mol. The van der Waals surface area contributed by atoms with E-state index in [4.69, 9.17) is 0 Å². The molecule has 0 saturated heterocycles. The minimum atomic E-state index is 0.436. The van der Waals surface area contributed by atoms with E-state index in [0.29, 0.717) is 10.6 Å². The highest BCUT2D eigenvalue weighted by Gasteiger charge is 2.39. The van der Waals surface area contributed by atoms with Gasteiger partial charge in [-0.3, -0.25) is 0 Å². The molecule has 1 heteroatoms. The topological polar surface area (TPSA) is 0 Å². The zero-order valence-corrected chi connectivity index (χ0v) is 17.8. The highest BCUT2D eigenvalue weighted by Crippen LogP contribution is 2.50. The van der Waals surface area contributed by atoms with Crippen LogP contribution in [0, 0.1) is 29.1 Å². The van der Waals surface area contributed by atoms with Crippen LogP contribution in [0.1, 0.15) is 105 Å². The quantitative estimate of drug-likeness (QED) is 0.368. The van der Waals surface area contributed by atoms with E-state index in [-0.39, 0.29) is 0 Å². The van der Waals surface area contributed by atoms with Crippen LogP contribution >= 0.6 is 9.24 Å². The summed E-state index contributed by atoms with van der Waals surface area (Å²) in [5.41, 5.74) is 0.498. The second-order valence-corrected chi connectivity index (χ2v) is 11.6. The maximum atomic E-state index is 3.32. The van der Waals surface area contributed by atoms with Gasteiger partial charge in [-0.2, -0.15) is 0 Å². The molecular formula is C22H43P. The molecule has 0 aliphatic heterocycles. The molecule has 2 rings (SSSR count). The summed E-state index contributed by atoms with van der Waals surface area (Å²) in [4.78, 5) is 0. The summed E-state index contributed by atoms with van der Waals surface area (Å²) in [7, 11) is 3.32. The van der Waals surface area contributed by atoms with Crippen molar-refractivity contribution in [2.24, 2.45) is 29.1 Å². The molecule has 0 radical (unpaired) electrons. The lowest BCUT2D eigenvalue weighted by Crippen LogP contribution is -2.37. The van der Waals surface area contributed by atoms with E-state index in [1.54, 1.807) is 0 Å². The average molecular weight is 339 g/mol. The molecule has 0 heterocycles. The molecule has 0 aromatic rings. The summed E-state index contributed by atoms with van der Waals surface area (Å²) < 4.78 is 0. The molecule has 2 aliphatic carbocycles. The molecule has 23 heavy (non-hydrogen) atoms. The van der Waals surface area contributed by atoms with Crippen LogP contribution in [0.4, 0.5) is 0 Å². The normalized spacial score (nSPS) is 36.8. The Morgan fingerprint density at radius 1 is 0.696 bits per heavy atom. The van der Waals surface area contributed by atoms with Gasteiger partial charge in [0.15, 0.2) is 0 Å². The minimum Gasteiger partial charge on any atom is -0.131 e. The molecule has 0 bridgehead atoms. The van der Waals surface area contributed by atoms with Gasteiger partial charge in [-0.25, -0.2) is 0 Å². The molecule has 2 saturated carbocycles. The Morgan fingerprint density at radius 3 is 1.74 bits per heavy atom. The summed E-state index contributed by atoms with van der Waals surface area (Å²) in [6, 6.07) is 0. The molecule has 0 aromatic carbocycles. The van der Waals surface area contributed by atoms with E-state index in [1.165, 1.54) is 70.6 Å². The molecule has 0 nitrogen and oxygen atoms in total. The van der Waals surface area contributed by atoms with Gasteiger partial charge >= 0.3 is 0 Å². The smallest absolute Gasteiger partial charge is 0.0145 e. The van der Waals surface area contributed by atoms with Crippen LogP contribution in [0.25, 0.3) is 0 Å². The van der Waals surface area contributed by atoms with Crippen LogP contribution < -0.4 is 0 Å². The van der Waals surface area contributed by atoms with Gasteiger partial charge in [0, 0.05) is 0 Å². The van der Waals surface area contributed by atoms with Gasteiger partial charge in [-0.1, -0.05) is 73.1 Å². The number of hydrogen-bond acceptors (Lipinski definition) is 0.